The summed E-state index contributed by atoms with van der Waals surface area (Å²) in [5.41, 5.74) is 8.13. The zero-order chi connectivity index (χ0) is 15.4. The van der Waals surface area contributed by atoms with Crippen LogP contribution in [-0.2, 0) is 0 Å². The van der Waals surface area contributed by atoms with Crippen LogP contribution in [0, 0.1) is 0 Å². The van der Waals surface area contributed by atoms with Gasteiger partial charge in [-0.2, -0.15) is 0 Å². The number of carbonyl (C=O) groups is 1. The van der Waals surface area contributed by atoms with Crippen molar-refractivity contribution in [1.82, 2.24) is 5.32 Å². The highest BCUT2D eigenvalue weighted by molar-refractivity contribution is 6.42. The number of rotatable bonds is 4. The molecule has 0 aliphatic heterocycles. The first kappa shape index (κ1) is 15.5. The zero-order valence-corrected chi connectivity index (χ0v) is 12.9. The van der Waals surface area contributed by atoms with Gasteiger partial charge in [0.05, 0.1) is 21.3 Å². The number of halogens is 2. The van der Waals surface area contributed by atoms with Crippen molar-refractivity contribution in [3.8, 4) is 0 Å². The molecule has 2 aromatic carbocycles. The first-order valence-electron chi connectivity index (χ1n) is 6.41. The van der Waals surface area contributed by atoms with E-state index in [2.05, 4.69) is 10.6 Å². The highest BCUT2D eigenvalue weighted by atomic mass is 35.5. The van der Waals surface area contributed by atoms with Crippen LogP contribution < -0.4 is 16.4 Å². The Hall–Kier alpha value is -1.91. The molecule has 0 radical (unpaired) electrons. The minimum atomic E-state index is -0.188. The summed E-state index contributed by atoms with van der Waals surface area (Å²) in [7, 11) is 0. The topological polar surface area (TPSA) is 67.2 Å². The van der Waals surface area contributed by atoms with Crippen LogP contribution in [-0.4, -0.2) is 12.5 Å². The van der Waals surface area contributed by atoms with E-state index in [9.17, 15) is 4.79 Å². The molecule has 21 heavy (non-hydrogen) atoms. The maximum atomic E-state index is 12.1. The predicted molar refractivity (Wildman–Crippen MR) is 88.6 cm³/mol. The van der Waals surface area contributed by atoms with E-state index in [1.165, 1.54) is 0 Å². The third-order valence-corrected chi connectivity index (χ3v) is 3.56. The minimum absolute atomic E-state index is 0.188. The summed E-state index contributed by atoms with van der Waals surface area (Å²) < 4.78 is 0. The lowest BCUT2D eigenvalue weighted by molar-refractivity contribution is 0.0956. The van der Waals surface area contributed by atoms with Crippen molar-refractivity contribution in [2.75, 3.05) is 17.6 Å². The molecule has 0 aliphatic rings. The minimum Gasteiger partial charge on any atom is -0.399 e. The third-order valence-electron chi connectivity index (χ3n) is 2.82. The van der Waals surface area contributed by atoms with E-state index in [4.69, 9.17) is 28.9 Å². The molecule has 0 fully saturated rings. The summed E-state index contributed by atoms with van der Waals surface area (Å²) in [6.45, 7) is 2.40. The van der Waals surface area contributed by atoms with Gasteiger partial charge in [-0.25, -0.2) is 0 Å². The van der Waals surface area contributed by atoms with Gasteiger partial charge in [0.15, 0.2) is 0 Å². The molecule has 0 saturated carbocycles. The van der Waals surface area contributed by atoms with Crippen molar-refractivity contribution in [3.05, 3.63) is 52.0 Å². The molecule has 0 saturated heterocycles. The lowest BCUT2D eigenvalue weighted by atomic mass is 10.1. The van der Waals surface area contributed by atoms with E-state index in [0.29, 0.717) is 33.5 Å². The fraction of sp³-hybridized carbons (Fsp3) is 0.133. The van der Waals surface area contributed by atoms with Crippen molar-refractivity contribution in [3.63, 3.8) is 0 Å². The molecule has 110 valence electrons. The fourth-order valence-corrected chi connectivity index (χ4v) is 2.14. The number of nitrogens with two attached hydrogens (primary N) is 1. The normalized spacial score (nSPS) is 10.2. The molecule has 0 atom stereocenters. The van der Waals surface area contributed by atoms with Gasteiger partial charge in [0.25, 0.3) is 5.91 Å². The monoisotopic (exact) mass is 323 g/mol. The Kier molecular flexibility index (Phi) is 4.94. The van der Waals surface area contributed by atoms with Crippen molar-refractivity contribution in [1.29, 1.82) is 0 Å². The number of carbonyl (C=O) groups excluding carboxylic acids is 1. The van der Waals surface area contributed by atoms with Gasteiger partial charge in [-0.1, -0.05) is 23.2 Å². The molecule has 0 unspecified atom stereocenters. The summed E-state index contributed by atoms with van der Waals surface area (Å²) in [4.78, 5) is 12.1. The molecule has 4 N–H and O–H groups in total. The SMILES string of the molecule is CCNC(=O)c1cc(N)ccc1Nc1ccc(Cl)c(Cl)c1. The van der Waals surface area contributed by atoms with E-state index in [0.717, 1.165) is 5.69 Å². The standard InChI is InChI=1S/C15H15Cl2N3O/c1-2-19-15(21)11-7-9(18)3-6-14(11)20-10-4-5-12(16)13(17)8-10/h3-8,20H,2,18H2,1H3,(H,19,21). The van der Waals surface area contributed by atoms with Crippen LogP contribution in [0.25, 0.3) is 0 Å². The fourth-order valence-electron chi connectivity index (χ4n) is 1.84. The third kappa shape index (κ3) is 3.80. The molecule has 4 nitrogen and oxygen atoms in total. The van der Waals surface area contributed by atoms with Crippen LogP contribution in [0.1, 0.15) is 17.3 Å². The van der Waals surface area contributed by atoms with Gasteiger partial charge in [0.2, 0.25) is 0 Å². The van der Waals surface area contributed by atoms with Gasteiger partial charge in [0.1, 0.15) is 0 Å². The van der Waals surface area contributed by atoms with E-state index >= 15 is 0 Å². The van der Waals surface area contributed by atoms with E-state index in [1.54, 1.807) is 36.4 Å². The largest absolute Gasteiger partial charge is 0.399 e. The summed E-state index contributed by atoms with van der Waals surface area (Å²) in [6, 6.07) is 10.3. The molecule has 1 amide bonds. The summed E-state index contributed by atoms with van der Waals surface area (Å²) in [5.74, 6) is -0.188. The van der Waals surface area contributed by atoms with E-state index in [1.807, 2.05) is 6.92 Å². The maximum absolute atomic E-state index is 12.1. The van der Waals surface area contributed by atoms with Crippen LogP contribution >= 0.6 is 23.2 Å². The van der Waals surface area contributed by atoms with Crippen LogP contribution in [0.4, 0.5) is 17.1 Å². The number of anilines is 3. The van der Waals surface area contributed by atoms with Gasteiger partial charge < -0.3 is 16.4 Å². The Morgan fingerprint density at radius 2 is 1.90 bits per heavy atom. The van der Waals surface area contributed by atoms with Gasteiger partial charge in [-0.3, -0.25) is 4.79 Å². The van der Waals surface area contributed by atoms with Crippen molar-refractivity contribution in [2.45, 2.75) is 6.92 Å². The lowest BCUT2D eigenvalue weighted by Gasteiger charge is -2.13. The van der Waals surface area contributed by atoms with Crippen LogP contribution in [0.5, 0.6) is 0 Å². The highest BCUT2D eigenvalue weighted by Crippen LogP contribution is 2.28. The first-order chi connectivity index (χ1) is 10.0. The molecule has 2 aromatic rings. The average molecular weight is 324 g/mol. The molecule has 0 spiro atoms. The van der Waals surface area contributed by atoms with Gasteiger partial charge in [0, 0.05) is 17.9 Å². The maximum Gasteiger partial charge on any atom is 0.253 e. The predicted octanol–water partition coefficient (Wildman–Crippen LogP) is 4.07. The Balaban J connectivity index is 2.34. The quantitative estimate of drug-likeness (QED) is 0.743. The second-order valence-electron chi connectivity index (χ2n) is 4.42. The second kappa shape index (κ2) is 6.70. The molecule has 0 bridgehead atoms. The van der Waals surface area contributed by atoms with E-state index < -0.39 is 0 Å². The Bertz CT molecular complexity index is 674. The number of hydrogen-bond donors (Lipinski definition) is 3. The molecule has 0 aliphatic carbocycles. The zero-order valence-electron chi connectivity index (χ0n) is 11.4. The molecule has 6 heteroatoms. The number of hydrogen-bond acceptors (Lipinski definition) is 3. The van der Waals surface area contributed by atoms with Crippen LogP contribution in [0.2, 0.25) is 10.0 Å². The average Bonchev–Trinajstić information content (AvgIpc) is 2.45. The second-order valence-corrected chi connectivity index (χ2v) is 5.23. The first-order valence-corrected chi connectivity index (χ1v) is 7.16. The highest BCUT2D eigenvalue weighted by Gasteiger charge is 2.12. The lowest BCUT2D eigenvalue weighted by Crippen LogP contribution is -2.23. The van der Waals surface area contributed by atoms with Crippen LogP contribution in [0.3, 0.4) is 0 Å². The van der Waals surface area contributed by atoms with Crippen molar-refractivity contribution in [2.24, 2.45) is 0 Å². The van der Waals surface area contributed by atoms with Gasteiger partial charge in [-0.15, -0.1) is 0 Å². The van der Waals surface area contributed by atoms with Crippen LogP contribution in [0.15, 0.2) is 36.4 Å². The Morgan fingerprint density at radius 1 is 1.14 bits per heavy atom. The number of benzene rings is 2. The van der Waals surface area contributed by atoms with Crippen molar-refractivity contribution < 1.29 is 4.79 Å². The van der Waals surface area contributed by atoms with Gasteiger partial charge in [-0.05, 0) is 43.3 Å². The summed E-state index contributed by atoms with van der Waals surface area (Å²) >= 11 is 11.9. The van der Waals surface area contributed by atoms with Crippen molar-refractivity contribution >= 4 is 46.2 Å². The van der Waals surface area contributed by atoms with E-state index in [-0.39, 0.29) is 5.91 Å². The number of nitrogen functional groups attached to an aromatic ring is 1. The number of amides is 1. The Morgan fingerprint density at radius 3 is 2.57 bits per heavy atom. The Labute approximate surface area is 133 Å². The number of nitrogens with one attached hydrogen (secondary N) is 2. The molecule has 0 aromatic heterocycles. The smallest absolute Gasteiger partial charge is 0.253 e. The molecule has 2 rings (SSSR count). The molecular formula is C15H15Cl2N3O. The van der Waals surface area contributed by atoms with Gasteiger partial charge >= 0.3 is 0 Å². The summed E-state index contributed by atoms with van der Waals surface area (Å²) in [6.07, 6.45) is 0. The molecule has 0 heterocycles. The summed E-state index contributed by atoms with van der Waals surface area (Å²) in [5, 5.41) is 6.82. The molecular weight excluding hydrogens is 309 g/mol.